The van der Waals surface area contributed by atoms with Gasteiger partial charge in [0.25, 0.3) is 0 Å². The summed E-state index contributed by atoms with van der Waals surface area (Å²) in [4.78, 5) is 0. The first-order valence-corrected chi connectivity index (χ1v) is 7.63. The lowest BCUT2D eigenvalue weighted by Crippen LogP contribution is -2.26. The van der Waals surface area contributed by atoms with Crippen LogP contribution in [0.5, 0.6) is 0 Å². The zero-order chi connectivity index (χ0) is 15.2. The van der Waals surface area contributed by atoms with Crippen molar-refractivity contribution in [3.8, 4) is 0 Å². The van der Waals surface area contributed by atoms with Crippen LogP contribution in [0.25, 0.3) is 0 Å². The van der Waals surface area contributed by atoms with Gasteiger partial charge in [0.1, 0.15) is 5.82 Å². The number of hydrogen-bond donors (Lipinski definition) is 1. The molecule has 2 rings (SSSR count). The third-order valence-corrected chi connectivity index (χ3v) is 3.73. The van der Waals surface area contributed by atoms with Crippen LogP contribution < -0.4 is 5.32 Å². The largest absolute Gasteiger partial charge is 0.303 e. The van der Waals surface area contributed by atoms with E-state index in [1.807, 2.05) is 25.1 Å². The Kier molecular flexibility index (Phi) is 5.51. The molecule has 112 valence electrons. The Morgan fingerprint density at radius 3 is 2.14 bits per heavy atom. The molecule has 0 aliphatic carbocycles. The molecule has 1 N–H and O–H groups in total. The summed E-state index contributed by atoms with van der Waals surface area (Å²) in [5.41, 5.74) is 1.98. The fourth-order valence-corrected chi connectivity index (χ4v) is 2.67. The van der Waals surface area contributed by atoms with Crippen molar-refractivity contribution >= 4 is 0 Å². The van der Waals surface area contributed by atoms with Crippen molar-refractivity contribution in [2.24, 2.45) is 5.92 Å². The van der Waals surface area contributed by atoms with E-state index < -0.39 is 0 Å². The molecule has 1 nitrogen and oxygen atoms in total. The van der Waals surface area contributed by atoms with Crippen molar-refractivity contribution in [2.75, 3.05) is 0 Å². The summed E-state index contributed by atoms with van der Waals surface area (Å²) in [5, 5.41) is 3.58. The molecule has 21 heavy (non-hydrogen) atoms. The maximum absolute atomic E-state index is 13.9. The molecule has 0 aliphatic heterocycles. The first-order chi connectivity index (χ1) is 10.1. The SMILES string of the molecule is CC(C)CC(N[C@H](C)c1ccccc1F)c1ccccc1. The monoisotopic (exact) mass is 285 g/mol. The van der Waals surface area contributed by atoms with Crippen molar-refractivity contribution in [3.63, 3.8) is 0 Å². The second-order valence-corrected chi connectivity index (χ2v) is 6.00. The summed E-state index contributed by atoms with van der Waals surface area (Å²) in [6.45, 7) is 6.45. The predicted octanol–water partition coefficient (Wildman–Crippen LogP) is 5.26. The molecule has 0 aromatic heterocycles. The van der Waals surface area contributed by atoms with E-state index >= 15 is 0 Å². The first kappa shape index (κ1) is 15.7. The zero-order valence-electron chi connectivity index (χ0n) is 13.0. The van der Waals surface area contributed by atoms with Crippen LogP contribution in [0.2, 0.25) is 0 Å². The zero-order valence-corrected chi connectivity index (χ0v) is 13.0. The molecule has 2 atom stereocenters. The number of benzene rings is 2. The number of halogens is 1. The van der Waals surface area contributed by atoms with Gasteiger partial charge in [-0.25, -0.2) is 4.39 Å². The topological polar surface area (TPSA) is 12.0 Å². The van der Waals surface area contributed by atoms with E-state index in [-0.39, 0.29) is 17.9 Å². The van der Waals surface area contributed by atoms with Crippen LogP contribution in [0, 0.1) is 11.7 Å². The summed E-state index contributed by atoms with van der Waals surface area (Å²) in [6.07, 6.45) is 1.03. The summed E-state index contributed by atoms with van der Waals surface area (Å²) in [7, 11) is 0. The minimum Gasteiger partial charge on any atom is -0.303 e. The molecule has 0 amide bonds. The van der Waals surface area contributed by atoms with E-state index in [9.17, 15) is 4.39 Å². The highest BCUT2D eigenvalue weighted by Crippen LogP contribution is 2.26. The van der Waals surface area contributed by atoms with Gasteiger partial charge in [-0.2, -0.15) is 0 Å². The molecular weight excluding hydrogens is 261 g/mol. The highest BCUT2D eigenvalue weighted by Gasteiger charge is 2.18. The van der Waals surface area contributed by atoms with E-state index in [0.717, 1.165) is 12.0 Å². The molecule has 0 spiro atoms. The first-order valence-electron chi connectivity index (χ1n) is 7.63. The lowest BCUT2D eigenvalue weighted by molar-refractivity contribution is 0.388. The lowest BCUT2D eigenvalue weighted by atomic mass is 9.95. The van der Waals surface area contributed by atoms with Crippen LogP contribution in [0.3, 0.4) is 0 Å². The Hall–Kier alpha value is -1.67. The van der Waals surface area contributed by atoms with Gasteiger partial charge in [0, 0.05) is 17.6 Å². The van der Waals surface area contributed by atoms with Crippen molar-refractivity contribution in [2.45, 2.75) is 39.3 Å². The third-order valence-electron chi connectivity index (χ3n) is 3.73. The highest BCUT2D eigenvalue weighted by atomic mass is 19.1. The van der Waals surface area contributed by atoms with E-state index in [1.165, 1.54) is 11.6 Å². The van der Waals surface area contributed by atoms with Gasteiger partial charge in [-0.3, -0.25) is 0 Å². The summed E-state index contributed by atoms with van der Waals surface area (Å²) in [5.74, 6) is 0.435. The average molecular weight is 285 g/mol. The van der Waals surface area contributed by atoms with E-state index in [1.54, 1.807) is 6.07 Å². The van der Waals surface area contributed by atoms with Gasteiger partial charge in [0.05, 0.1) is 0 Å². The number of hydrogen-bond acceptors (Lipinski definition) is 1. The summed E-state index contributed by atoms with van der Waals surface area (Å²) >= 11 is 0. The third kappa shape index (κ3) is 4.40. The van der Waals surface area contributed by atoms with Crippen molar-refractivity contribution in [1.82, 2.24) is 5.32 Å². The lowest BCUT2D eigenvalue weighted by Gasteiger charge is -2.26. The smallest absolute Gasteiger partial charge is 0.127 e. The van der Waals surface area contributed by atoms with Crippen LogP contribution in [-0.4, -0.2) is 0 Å². The molecule has 1 unspecified atom stereocenters. The van der Waals surface area contributed by atoms with E-state index in [4.69, 9.17) is 0 Å². The quantitative estimate of drug-likeness (QED) is 0.763. The van der Waals surface area contributed by atoms with Gasteiger partial charge < -0.3 is 5.32 Å². The second kappa shape index (κ2) is 7.37. The minimum absolute atomic E-state index is 0.0184. The molecule has 0 aliphatic rings. The van der Waals surface area contributed by atoms with Crippen molar-refractivity contribution < 1.29 is 4.39 Å². The fraction of sp³-hybridized carbons (Fsp3) is 0.368. The molecule has 0 bridgehead atoms. The van der Waals surface area contributed by atoms with Crippen LogP contribution in [0.1, 0.15) is 50.4 Å². The second-order valence-electron chi connectivity index (χ2n) is 6.00. The molecule has 0 saturated heterocycles. The molecule has 0 saturated carbocycles. The van der Waals surface area contributed by atoms with Crippen LogP contribution in [-0.2, 0) is 0 Å². The molecule has 2 aromatic carbocycles. The minimum atomic E-state index is -0.145. The van der Waals surface area contributed by atoms with E-state index in [2.05, 4.69) is 43.4 Å². The van der Waals surface area contributed by atoms with Gasteiger partial charge in [0.2, 0.25) is 0 Å². The Bertz CT molecular complexity index is 551. The summed E-state index contributed by atoms with van der Waals surface area (Å²) in [6, 6.07) is 17.6. The van der Waals surface area contributed by atoms with Gasteiger partial charge >= 0.3 is 0 Å². The Labute approximate surface area is 127 Å². The van der Waals surface area contributed by atoms with Crippen molar-refractivity contribution in [3.05, 3.63) is 71.5 Å². The fourth-order valence-electron chi connectivity index (χ4n) is 2.67. The molecular formula is C19H24FN. The standard InChI is InChI=1S/C19H24FN/c1-14(2)13-19(16-9-5-4-6-10-16)21-15(3)17-11-7-8-12-18(17)20/h4-12,14-15,19,21H,13H2,1-3H3/t15-,19?/m1/s1. The van der Waals surface area contributed by atoms with Crippen LogP contribution >= 0.6 is 0 Å². The predicted molar refractivity (Wildman–Crippen MR) is 86.6 cm³/mol. The van der Waals surface area contributed by atoms with Gasteiger partial charge in [0.15, 0.2) is 0 Å². The maximum atomic E-state index is 13.9. The highest BCUT2D eigenvalue weighted by molar-refractivity contribution is 5.23. The van der Waals surface area contributed by atoms with Crippen LogP contribution in [0.15, 0.2) is 54.6 Å². The number of nitrogens with one attached hydrogen (secondary N) is 1. The van der Waals surface area contributed by atoms with Gasteiger partial charge in [-0.1, -0.05) is 62.4 Å². The van der Waals surface area contributed by atoms with Gasteiger partial charge in [-0.15, -0.1) is 0 Å². The Morgan fingerprint density at radius 2 is 1.52 bits per heavy atom. The Morgan fingerprint density at radius 1 is 0.905 bits per heavy atom. The maximum Gasteiger partial charge on any atom is 0.127 e. The summed E-state index contributed by atoms with van der Waals surface area (Å²) < 4.78 is 13.9. The van der Waals surface area contributed by atoms with Gasteiger partial charge in [-0.05, 0) is 30.9 Å². The van der Waals surface area contributed by atoms with Crippen LogP contribution in [0.4, 0.5) is 4.39 Å². The molecule has 0 heterocycles. The molecule has 0 fully saturated rings. The Balaban J connectivity index is 2.17. The molecule has 2 aromatic rings. The van der Waals surface area contributed by atoms with Crippen molar-refractivity contribution in [1.29, 1.82) is 0 Å². The normalized spacial score (nSPS) is 14.1. The molecule has 0 radical (unpaired) electrons. The number of rotatable bonds is 6. The molecule has 2 heteroatoms. The average Bonchev–Trinajstić information content (AvgIpc) is 2.47. The van der Waals surface area contributed by atoms with E-state index in [0.29, 0.717) is 5.92 Å².